The van der Waals surface area contributed by atoms with Gasteiger partial charge in [-0.2, -0.15) is 5.10 Å². The van der Waals surface area contributed by atoms with E-state index in [0.717, 1.165) is 0 Å². The molecule has 2 amide bonds. The molecule has 2 heterocycles. The summed E-state index contributed by atoms with van der Waals surface area (Å²) in [6.07, 6.45) is -0.0127. The highest BCUT2D eigenvalue weighted by Crippen LogP contribution is 2.29. The van der Waals surface area contributed by atoms with E-state index in [4.69, 9.17) is 23.8 Å². The molecular formula is C20H16ClFN4O2S. The zero-order valence-corrected chi connectivity index (χ0v) is 17.0. The van der Waals surface area contributed by atoms with Crippen LogP contribution in [0.15, 0.2) is 48.5 Å². The van der Waals surface area contributed by atoms with Gasteiger partial charge >= 0.3 is 0 Å². The maximum atomic E-state index is 13.9. The van der Waals surface area contributed by atoms with Crippen molar-refractivity contribution in [2.75, 3.05) is 6.54 Å². The number of hydrogen-bond acceptors (Lipinski definition) is 4. The molecule has 1 aromatic heterocycles. The van der Waals surface area contributed by atoms with Gasteiger partial charge in [0.15, 0.2) is 5.82 Å². The van der Waals surface area contributed by atoms with Crippen LogP contribution in [0.4, 0.5) is 4.39 Å². The highest BCUT2D eigenvalue weighted by Gasteiger charge is 2.40. The lowest BCUT2D eigenvalue weighted by Crippen LogP contribution is -2.31. The van der Waals surface area contributed by atoms with Gasteiger partial charge in [0.1, 0.15) is 11.9 Å². The van der Waals surface area contributed by atoms with Crippen molar-refractivity contribution in [1.29, 1.82) is 0 Å². The second kappa shape index (κ2) is 7.53. The minimum atomic E-state index is -0.823. The summed E-state index contributed by atoms with van der Waals surface area (Å²) in [4.78, 5) is 26.1. The van der Waals surface area contributed by atoms with Crippen LogP contribution in [0, 0.1) is 10.6 Å². The van der Waals surface area contributed by atoms with E-state index >= 15 is 0 Å². The first kappa shape index (κ1) is 19.5. The Morgan fingerprint density at radius 1 is 1.21 bits per heavy atom. The Balaban J connectivity index is 1.92. The summed E-state index contributed by atoms with van der Waals surface area (Å²) in [6, 6.07) is 12.0. The van der Waals surface area contributed by atoms with E-state index < -0.39 is 11.9 Å². The average molecular weight is 431 g/mol. The topological polar surface area (TPSA) is 60.1 Å². The fourth-order valence-electron chi connectivity index (χ4n) is 3.41. The van der Waals surface area contributed by atoms with Crippen LogP contribution < -0.4 is 0 Å². The predicted octanol–water partition coefficient (Wildman–Crippen LogP) is 4.18. The second-order valence-electron chi connectivity index (χ2n) is 6.57. The number of benzene rings is 2. The molecule has 0 saturated carbocycles. The van der Waals surface area contributed by atoms with Crippen LogP contribution in [0.2, 0.25) is 5.02 Å². The normalized spacial score (nSPS) is 16.7. The van der Waals surface area contributed by atoms with Gasteiger partial charge in [0.25, 0.3) is 5.91 Å². The van der Waals surface area contributed by atoms with Crippen LogP contribution in [0.5, 0.6) is 0 Å². The number of nitrogens with zero attached hydrogens (tertiary/aromatic N) is 4. The van der Waals surface area contributed by atoms with Gasteiger partial charge in [-0.25, -0.2) is 9.07 Å². The smallest absolute Gasteiger partial charge is 0.254 e. The maximum Gasteiger partial charge on any atom is 0.254 e. The molecule has 1 aliphatic rings. The van der Waals surface area contributed by atoms with Crippen molar-refractivity contribution >= 4 is 35.6 Å². The molecule has 0 N–H and O–H groups in total. The van der Waals surface area contributed by atoms with E-state index in [1.165, 1.54) is 21.7 Å². The predicted molar refractivity (Wildman–Crippen MR) is 109 cm³/mol. The lowest BCUT2D eigenvalue weighted by molar-refractivity contribution is -0.138. The van der Waals surface area contributed by atoms with Crippen molar-refractivity contribution in [3.05, 3.63) is 64.1 Å². The van der Waals surface area contributed by atoms with Gasteiger partial charge in [0.2, 0.25) is 10.7 Å². The molecule has 0 radical (unpaired) electrons. The minimum absolute atomic E-state index is 0.0127. The highest BCUT2D eigenvalue weighted by atomic mass is 35.5. The number of rotatable bonds is 4. The average Bonchev–Trinajstić information content (AvgIpc) is 3.18. The Kier molecular flexibility index (Phi) is 5.06. The van der Waals surface area contributed by atoms with Crippen LogP contribution in [-0.4, -0.2) is 37.6 Å². The highest BCUT2D eigenvalue weighted by molar-refractivity contribution is 7.71. The van der Waals surface area contributed by atoms with Gasteiger partial charge in [-0.05, 0) is 55.5 Å². The first-order valence-electron chi connectivity index (χ1n) is 8.98. The Hall–Kier alpha value is -2.84. The summed E-state index contributed by atoms with van der Waals surface area (Å²) >= 11 is 11.6. The van der Waals surface area contributed by atoms with Crippen molar-refractivity contribution in [2.45, 2.75) is 19.4 Å². The third-order valence-corrected chi connectivity index (χ3v) is 5.42. The summed E-state index contributed by atoms with van der Waals surface area (Å²) in [5.74, 6) is -0.667. The van der Waals surface area contributed by atoms with Crippen LogP contribution in [0.1, 0.15) is 19.4 Å². The number of carbonyl (C=O) groups is 2. The van der Waals surface area contributed by atoms with Gasteiger partial charge < -0.3 is 0 Å². The SMILES string of the molecule is CCN1C(=O)CC(n2nc(-c3cccc(F)c3)n(-c3ccc(Cl)cc3)c2=S)C1=O. The monoisotopic (exact) mass is 430 g/mol. The number of halogens is 2. The zero-order chi connectivity index (χ0) is 20.7. The molecule has 1 saturated heterocycles. The van der Waals surface area contributed by atoms with Crippen molar-refractivity contribution in [3.8, 4) is 17.1 Å². The molecule has 1 atom stereocenters. The Labute approximate surface area is 176 Å². The number of hydrogen-bond donors (Lipinski definition) is 0. The van der Waals surface area contributed by atoms with Gasteiger partial charge in [0, 0.05) is 17.1 Å². The van der Waals surface area contributed by atoms with Crippen LogP contribution in [0.25, 0.3) is 17.1 Å². The van der Waals surface area contributed by atoms with Gasteiger partial charge in [0.05, 0.1) is 12.1 Å². The summed E-state index contributed by atoms with van der Waals surface area (Å²) in [7, 11) is 0. The number of likely N-dealkylation sites (N-methyl/N-ethyl adjacent to an activating group) is 1. The molecular weight excluding hydrogens is 415 g/mol. The number of amides is 2. The molecule has 6 nitrogen and oxygen atoms in total. The number of aromatic nitrogens is 3. The standard InChI is InChI=1S/C20H16ClFN4O2S/c1-2-24-17(27)11-16(19(24)28)26-20(29)25(15-8-6-13(21)7-9-15)18(23-26)12-4-3-5-14(22)10-12/h3-10,16H,2,11H2,1H3. The van der Waals surface area contributed by atoms with Gasteiger partial charge in [-0.1, -0.05) is 23.7 Å². The molecule has 29 heavy (non-hydrogen) atoms. The fourth-order valence-corrected chi connectivity index (χ4v) is 3.90. The summed E-state index contributed by atoms with van der Waals surface area (Å²) in [5.41, 5.74) is 1.16. The number of likely N-dealkylation sites (tertiary alicyclic amines) is 1. The van der Waals surface area contributed by atoms with Crippen LogP contribution in [-0.2, 0) is 9.59 Å². The van der Waals surface area contributed by atoms with E-state index in [1.54, 1.807) is 47.9 Å². The Morgan fingerprint density at radius 3 is 2.55 bits per heavy atom. The fraction of sp³-hybridized carbons (Fsp3) is 0.200. The van der Waals surface area contributed by atoms with E-state index in [-0.39, 0.29) is 29.6 Å². The van der Waals surface area contributed by atoms with Crippen LogP contribution >= 0.6 is 23.8 Å². The summed E-state index contributed by atoms with van der Waals surface area (Å²) in [6.45, 7) is 2.03. The first-order chi connectivity index (χ1) is 13.9. The molecule has 1 unspecified atom stereocenters. The number of carbonyl (C=O) groups excluding carboxylic acids is 2. The lowest BCUT2D eigenvalue weighted by atomic mass is 10.2. The summed E-state index contributed by atoms with van der Waals surface area (Å²) < 4.78 is 17.1. The molecule has 4 rings (SSSR count). The lowest BCUT2D eigenvalue weighted by Gasteiger charge is -2.11. The second-order valence-corrected chi connectivity index (χ2v) is 7.37. The largest absolute Gasteiger partial charge is 0.281 e. The van der Waals surface area contributed by atoms with Crippen molar-refractivity contribution < 1.29 is 14.0 Å². The van der Waals surface area contributed by atoms with E-state index in [9.17, 15) is 14.0 Å². The Bertz CT molecular complexity index is 1170. The number of imide groups is 1. The van der Waals surface area contributed by atoms with Gasteiger partial charge in [-0.3, -0.25) is 19.1 Å². The minimum Gasteiger partial charge on any atom is -0.281 e. The quantitative estimate of drug-likeness (QED) is 0.460. The molecule has 1 fully saturated rings. The third-order valence-electron chi connectivity index (χ3n) is 4.80. The summed E-state index contributed by atoms with van der Waals surface area (Å²) in [5, 5.41) is 5.08. The Morgan fingerprint density at radius 2 is 1.93 bits per heavy atom. The molecule has 0 aliphatic carbocycles. The first-order valence-corrected chi connectivity index (χ1v) is 9.77. The van der Waals surface area contributed by atoms with Gasteiger partial charge in [-0.15, -0.1) is 0 Å². The molecule has 148 valence electrons. The van der Waals surface area contributed by atoms with Crippen molar-refractivity contribution in [1.82, 2.24) is 19.2 Å². The van der Waals surface area contributed by atoms with E-state index in [1.807, 2.05) is 0 Å². The molecule has 0 bridgehead atoms. The van der Waals surface area contributed by atoms with Crippen LogP contribution in [0.3, 0.4) is 0 Å². The molecule has 9 heteroatoms. The zero-order valence-electron chi connectivity index (χ0n) is 15.4. The molecule has 2 aromatic carbocycles. The van der Waals surface area contributed by atoms with E-state index in [2.05, 4.69) is 5.10 Å². The molecule has 1 aliphatic heterocycles. The maximum absolute atomic E-state index is 13.9. The third kappa shape index (κ3) is 3.38. The van der Waals surface area contributed by atoms with E-state index in [0.29, 0.717) is 22.1 Å². The van der Waals surface area contributed by atoms with Crippen molar-refractivity contribution in [2.24, 2.45) is 0 Å². The molecule has 0 spiro atoms. The van der Waals surface area contributed by atoms with Crippen molar-refractivity contribution in [3.63, 3.8) is 0 Å². The molecule has 3 aromatic rings.